The summed E-state index contributed by atoms with van der Waals surface area (Å²) in [5.41, 5.74) is 3.03. The van der Waals surface area contributed by atoms with Gasteiger partial charge in [-0.25, -0.2) is 4.39 Å². The van der Waals surface area contributed by atoms with Crippen molar-refractivity contribution in [3.8, 4) is 0 Å². The van der Waals surface area contributed by atoms with Crippen LogP contribution >= 0.6 is 11.3 Å². The second-order valence-electron chi connectivity index (χ2n) is 6.11. The van der Waals surface area contributed by atoms with Crippen molar-refractivity contribution in [2.45, 2.75) is 13.1 Å². The van der Waals surface area contributed by atoms with Crippen molar-refractivity contribution >= 4 is 27.4 Å². The number of benzene rings is 2. The van der Waals surface area contributed by atoms with E-state index < -0.39 is 0 Å². The minimum Gasteiger partial charge on any atom is -0.365 e. The van der Waals surface area contributed by atoms with Crippen LogP contribution in [0.15, 0.2) is 59.5 Å². The van der Waals surface area contributed by atoms with E-state index in [4.69, 9.17) is 0 Å². The highest BCUT2D eigenvalue weighted by Crippen LogP contribution is 2.19. The molecule has 2 aromatic carbocycles. The zero-order chi connectivity index (χ0) is 18.1. The van der Waals surface area contributed by atoms with Crippen LogP contribution in [0.4, 0.5) is 10.2 Å². The average Bonchev–Trinajstić information content (AvgIpc) is 3.19. The van der Waals surface area contributed by atoms with Crippen LogP contribution in [0.1, 0.15) is 11.1 Å². The van der Waals surface area contributed by atoms with Crippen LogP contribution in [-0.2, 0) is 20.1 Å². The Morgan fingerprint density at radius 2 is 1.88 bits per heavy atom. The molecule has 7 heteroatoms. The highest BCUT2D eigenvalue weighted by Gasteiger charge is 2.06. The van der Waals surface area contributed by atoms with Gasteiger partial charge < -0.3 is 9.88 Å². The molecule has 5 nitrogen and oxygen atoms in total. The third-order valence-corrected chi connectivity index (χ3v) is 5.22. The first kappa shape index (κ1) is 16.5. The summed E-state index contributed by atoms with van der Waals surface area (Å²) in [5, 5.41) is 7.77. The molecule has 4 rings (SSSR count). The molecule has 0 aliphatic carbocycles. The highest BCUT2D eigenvalue weighted by atomic mass is 32.1. The molecule has 0 bridgehead atoms. The molecule has 0 saturated heterocycles. The molecule has 0 aliphatic rings. The molecular formula is C19H17FN4OS. The highest BCUT2D eigenvalue weighted by molar-refractivity contribution is 7.16. The lowest BCUT2D eigenvalue weighted by Gasteiger charge is -2.05. The minimum atomic E-state index is -0.239. The maximum Gasteiger partial charge on any atom is 0.307 e. The number of halogens is 1. The van der Waals surface area contributed by atoms with Crippen molar-refractivity contribution in [2.24, 2.45) is 7.05 Å². The summed E-state index contributed by atoms with van der Waals surface area (Å²) >= 11 is 1.25. The number of fused-ring (bicyclic) bond motifs is 1. The summed E-state index contributed by atoms with van der Waals surface area (Å²) < 4.78 is 17.4. The number of hydrogen-bond donors (Lipinski definition) is 1. The molecule has 0 aliphatic heterocycles. The van der Waals surface area contributed by atoms with Crippen molar-refractivity contribution in [2.75, 3.05) is 5.32 Å². The lowest BCUT2D eigenvalue weighted by atomic mass is 10.2. The number of hydrogen-bond acceptors (Lipinski definition) is 4. The van der Waals surface area contributed by atoms with Crippen molar-refractivity contribution < 1.29 is 4.39 Å². The number of anilines is 1. The van der Waals surface area contributed by atoms with Gasteiger partial charge in [-0.05, 0) is 35.4 Å². The van der Waals surface area contributed by atoms with E-state index in [0.717, 1.165) is 27.2 Å². The summed E-state index contributed by atoms with van der Waals surface area (Å²) in [4.78, 5) is 11.8. The van der Waals surface area contributed by atoms with Crippen LogP contribution in [0.25, 0.3) is 10.2 Å². The van der Waals surface area contributed by atoms with Gasteiger partial charge in [0.15, 0.2) is 0 Å². The Bertz CT molecular complexity index is 1110. The predicted octanol–water partition coefficient (Wildman–Crippen LogP) is 3.60. The summed E-state index contributed by atoms with van der Waals surface area (Å²) in [6.45, 7) is 1.21. The molecule has 0 unspecified atom stereocenters. The van der Waals surface area contributed by atoms with E-state index in [1.54, 1.807) is 23.7 Å². The maximum atomic E-state index is 13.0. The molecule has 2 aromatic heterocycles. The van der Waals surface area contributed by atoms with E-state index in [1.165, 1.54) is 23.5 Å². The number of nitrogens with one attached hydrogen (secondary N) is 1. The smallest absolute Gasteiger partial charge is 0.307 e. The van der Waals surface area contributed by atoms with Gasteiger partial charge in [0.2, 0.25) is 0 Å². The van der Waals surface area contributed by atoms with Gasteiger partial charge in [0.1, 0.15) is 11.6 Å². The fourth-order valence-electron chi connectivity index (χ4n) is 2.80. The van der Waals surface area contributed by atoms with Gasteiger partial charge in [-0.15, -0.1) is 0 Å². The molecule has 4 aromatic rings. The molecular weight excluding hydrogens is 351 g/mol. The quantitative estimate of drug-likeness (QED) is 0.586. The molecule has 0 amide bonds. The summed E-state index contributed by atoms with van der Waals surface area (Å²) in [7, 11) is 1.78. The standard InChI is InChI=1S/C19H17FN4OS/c1-23-16-7-4-14(10-17(16)26-19(23)25)11-21-18-8-9-24(22-18)12-13-2-5-15(20)6-3-13/h2-10H,11-12H2,1H3,(H,21,22). The second kappa shape index (κ2) is 6.76. The first-order chi connectivity index (χ1) is 12.6. The zero-order valence-corrected chi connectivity index (χ0v) is 15.0. The van der Waals surface area contributed by atoms with Gasteiger partial charge in [0.25, 0.3) is 0 Å². The van der Waals surface area contributed by atoms with E-state index in [0.29, 0.717) is 13.1 Å². The van der Waals surface area contributed by atoms with Gasteiger partial charge in [0, 0.05) is 25.9 Å². The van der Waals surface area contributed by atoms with Crippen LogP contribution in [-0.4, -0.2) is 14.3 Å². The molecule has 2 heterocycles. The fourth-order valence-corrected chi connectivity index (χ4v) is 3.74. The molecule has 0 saturated carbocycles. The normalized spacial score (nSPS) is 11.2. The molecule has 0 spiro atoms. The van der Waals surface area contributed by atoms with Crippen molar-refractivity contribution in [1.29, 1.82) is 0 Å². The number of aromatic nitrogens is 3. The van der Waals surface area contributed by atoms with E-state index in [-0.39, 0.29) is 10.7 Å². The predicted molar refractivity (Wildman–Crippen MR) is 102 cm³/mol. The monoisotopic (exact) mass is 368 g/mol. The van der Waals surface area contributed by atoms with Crippen LogP contribution < -0.4 is 10.2 Å². The van der Waals surface area contributed by atoms with Gasteiger partial charge in [-0.2, -0.15) is 5.10 Å². The second-order valence-corrected chi connectivity index (χ2v) is 7.10. The maximum absolute atomic E-state index is 13.0. The van der Waals surface area contributed by atoms with Gasteiger partial charge >= 0.3 is 4.87 Å². The first-order valence-electron chi connectivity index (χ1n) is 8.19. The molecule has 1 N–H and O–H groups in total. The first-order valence-corrected chi connectivity index (χ1v) is 9.00. The third kappa shape index (κ3) is 3.39. The Labute approximate surface area is 153 Å². The van der Waals surface area contributed by atoms with Gasteiger partial charge in [0.05, 0.1) is 16.8 Å². The third-order valence-electron chi connectivity index (χ3n) is 4.23. The summed E-state index contributed by atoms with van der Waals surface area (Å²) in [6, 6.07) is 14.3. The van der Waals surface area contributed by atoms with Crippen molar-refractivity contribution in [1.82, 2.24) is 14.3 Å². The van der Waals surface area contributed by atoms with E-state index >= 15 is 0 Å². The number of aryl methyl sites for hydroxylation is 1. The topological polar surface area (TPSA) is 51.9 Å². The summed E-state index contributed by atoms with van der Waals surface area (Å²) in [5.74, 6) is 0.533. The van der Waals surface area contributed by atoms with E-state index in [1.807, 2.05) is 35.1 Å². The Hall–Kier alpha value is -2.93. The Morgan fingerprint density at radius 1 is 1.12 bits per heavy atom. The van der Waals surface area contributed by atoms with Gasteiger partial charge in [-0.1, -0.05) is 29.5 Å². The van der Waals surface area contributed by atoms with Crippen LogP contribution in [0, 0.1) is 5.82 Å². The Morgan fingerprint density at radius 3 is 2.69 bits per heavy atom. The summed E-state index contributed by atoms with van der Waals surface area (Å²) in [6.07, 6.45) is 1.89. The van der Waals surface area contributed by atoms with Crippen molar-refractivity contribution in [3.63, 3.8) is 0 Å². The SMILES string of the molecule is Cn1c(=O)sc2cc(CNc3ccn(Cc4ccc(F)cc4)n3)ccc21. The van der Waals surface area contributed by atoms with Crippen LogP contribution in [0.3, 0.4) is 0 Å². The van der Waals surface area contributed by atoms with Gasteiger partial charge in [-0.3, -0.25) is 9.48 Å². The Balaban J connectivity index is 1.43. The molecule has 0 atom stereocenters. The lowest BCUT2D eigenvalue weighted by molar-refractivity contribution is 0.624. The van der Waals surface area contributed by atoms with Crippen LogP contribution in [0.5, 0.6) is 0 Å². The zero-order valence-electron chi connectivity index (χ0n) is 14.1. The minimum absolute atomic E-state index is 0.0460. The fraction of sp³-hybridized carbons (Fsp3) is 0.158. The Kier molecular flexibility index (Phi) is 4.30. The molecule has 0 radical (unpaired) electrons. The molecule has 0 fully saturated rings. The van der Waals surface area contributed by atoms with Crippen LogP contribution in [0.2, 0.25) is 0 Å². The largest absolute Gasteiger partial charge is 0.365 e. The molecule has 26 heavy (non-hydrogen) atoms. The number of thiazole rings is 1. The number of nitrogens with zero attached hydrogens (tertiary/aromatic N) is 3. The lowest BCUT2D eigenvalue weighted by Crippen LogP contribution is -2.06. The van der Waals surface area contributed by atoms with E-state index in [9.17, 15) is 9.18 Å². The van der Waals surface area contributed by atoms with Crippen molar-refractivity contribution in [3.05, 3.63) is 81.3 Å². The molecule has 132 valence electrons. The number of rotatable bonds is 5. The average molecular weight is 368 g/mol. The van der Waals surface area contributed by atoms with E-state index in [2.05, 4.69) is 10.4 Å².